The molecule has 0 N–H and O–H groups in total. The first-order valence-electron chi connectivity index (χ1n) is 27.7. The largest absolute Gasteiger partial charge is 0.462 e. The molecule has 0 saturated carbocycles. The van der Waals surface area contributed by atoms with Gasteiger partial charge in [0, 0.05) is 19.3 Å². The van der Waals surface area contributed by atoms with Crippen LogP contribution in [0.5, 0.6) is 0 Å². The van der Waals surface area contributed by atoms with Gasteiger partial charge in [0.25, 0.3) is 0 Å². The maximum Gasteiger partial charge on any atom is 0.306 e. The number of esters is 3. The predicted octanol–water partition coefficient (Wildman–Crippen LogP) is 18.1. The maximum atomic E-state index is 12.8. The van der Waals surface area contributed by atoms with E-state index in [1.165, 1.54) is 199 Å². The van der Waals surface area contributed by atoms with E-state index in [0.29, 0.717) is 19.3 Å². The number of carbonyl (C=O) groups excluding carboxylic acids is 3. The minimum atomic E-state index is -0.762. The summed E-state index contributed by atoms with van der Waals surface area (Å²) in [6.45, 7) is 11.4. The van der Waals surface area contributed by atoms with Gasteiger partial charge < -0.3 is 14.2 Å². The lowest BCUT2D eigenvalue weighted by atomic mass is 10.0. The SMILES string of the molecule is CCCCCCCCCCCCCCC(=O)OC[C@H](COC(=O)CCCCCCCCCCC(C)C)OC(=O)CCCCCCCCCCCCCCCCCCCCC(C)C. The second-order valence-corrected chi connectivity index (χ2v) is 20.2. The van der Waals surface area contributed by atoms with Gasteiger partial charge in [0.05, 0.1) is 0 Å². The fraction of sp³-hybridized carbons (Fsp3) is 0.946. The summed E-state index contributed by atoms with van der Waals surface area (Å²) in [6.07, 6.45) is 51.0. The molecule has 0 bridgehead atoms. The molecule has 1 atom stereocenters. The molecule has 0 aromatic rings. The third-order valence-corrected chi connectivity index (χ3v) is 12.7. The molecule has 0 aliphatic rings. The van der Waals surface area contributed by atoms with E-state index in [0.717, 1.165) is 69.6 Å². The summed E-state index contributed by atoms with van der Waals surface area (Å²) in [6, 6.07) is 0. The summed E-state index contributed by atoms with van der Waals surface area (Å²) >= 11 is 0. The van der Waals surface area contributed by atoms with Crippen molar-refractivity contribution in [3.8, 4) is 0 Å². The second kappa shape index (κ2) is 48.9. The van der Waals surface area contributed by atoms with Crippen molar-refractivity contribution in [2.45, 2.75) is 317 Å². The van der Waals surface area contributed by atoms with Crippen LogP contribution in [0, 0.1) is 11.8 Å². The molecular formula is C56H108O6. The van der Waals surface area contributed by atoms with Crippen molar-refractivity contribution in [2.75, 3.05) is 13.2 Å². The molecule has 62 heavy (non-hydrogen) atoms. The monoisotopic (exact) mass is 877 g/mol. The summed E-state index contributed by atoms with van der Waals surface area (Å²) < 4.78 is 16.8. The van der Waals surface area contributed by atoms with E-state index in [1.807, 2.05) is 0 Å². The molecular weight excluding hydrogens is 769 g/mol. The van der Waals surface area contributed by atoms with Crippen LogP contribution in [0.4, 0.5) is 0 Å². The van der Waals surface area contributed by atoms with Crippen molar-refractivity contribution >= 4 is 17.9 Å². The normalized spacial score (nSPS) is 12.0. The van der Waals surface area contributed by atoms with Gasteiger partial charge in [0.2, 0.25) is 0 Å². The van der Waals surface area contributed by atoms with E-state index >= 15 is 0 Å². The van der Waals surface area contributed by atoms with E-state index in [1.54, 1.807) is 0 Å². The zero-order valence-electron chi connectivity index (χ0n) is 42.5. The molecule has 0 aromatic carbocycles. The van der Waals surface area contributed by atoms with Crippen molar-refractivity contribution in [1.29, 1.82) is 0 Å². The van der Waals surface area contributed by atoms with Crippen molar-refractivity contribution in [2.24, 2.45) is 11.8 Å². The highest BCUT2D eigenvalue weighted by Crippen LogP contribution is 2.18. The summed E-state index contributed by atoms with van der Waals surface area (Å²) in [5, 5.41) is 0. The van der Waals surface area contributed by atoms with E-state index in [-0.39, 0.29) is 31.1 Å². The van der Waals surface area contributed by atoms with Gasteiger partial charge in [-0.1, -0.05) is 272 Å². The van der Waals surface area contributed by atoms with Crippen LogP contribution in [0.3, 0.4) is 0 Å². The van der Waals surface area contributed by atoms with Crippen LogP contribution in [-0.2, 0) is 28.6 Å². The van der Waals surface area contributed by atoms with Gasteiger partial charge in [-0.2, -0.15) is 0 Å². The molecule has 0 rings (SSSR count). The first-order chi connectivity index (χ1) is 30.2. The lowest BCUT2D eigenvalue weighted by Crippen LogP contribution is -2.30. The van der Waals surface area contributed by atoms with Crippen LogP contribution < -0.4 is 0 Å². The number of unbranched alkanes of at least 4 members (excludes halogenated alkanes) is 35. The van der Waals surface area contributed by atoms with Crippen LogP contribution in [0.2, 0.25) is 0 Å². The van der Waals surface area contributed by atoms with Gasteiger partial charge in [0.1, 0.15) is 13.2 Å². The molecule has 0 spiro atoms. The Hall–Kier alpha value is -1.59. The van der Waals surface area contributed by atoms with Gasteiger partial charge >= 0.3 is 17.9 Å². The highest BCUT2D eigenvalue weighted by molar-refractivity contribution is 5.71. The summed E-state index contributed by atoms with van der Waals surface area (Å²) in [7, 11) is 0. The van der Waals surface area contributed by atoms with E-state index in [4.69, 9.17) is 14.2 Å². The van der Waals surface area contributed by atoms with Crippen LogP contribution in [0.1, 0.15) is 311 Å². The van der Waals surface area contributed by atoms with Crippen molar-refractivity contribution in [1.82, 2.24) is 0 Å². The Balaban J connectivity index is 4.23. The number of ether oxygens (including phenoxy) is 3. The highest BCUT2D eigenvalue weighted by Gasteiger charge is 2.19. The topological polar surface area (TPSA) is 78.9 Å². The van der Waals surface area contributed by atoms with Crippen LogP contribution in [0.25, 0.3) is 0 Å². The quantitative estimate of drug-likeness (QED) is 0.0344. The van der Waals surface area contributed by atoms with Crippen LogP contribution in [-0.4, -0.2) is 37.2 Å². The van der Waals surface area contributed by atoms with Crippen molar-refractivity contribution in [3.05, 3.63) is 0 Å². The first kappa shape index (κ1) is 60.4. The molecule has 0 aromatic heterocycles. The molecule has 6 nitrogen and oxygen atoms in total. The minimum absolute atomic E-state index is 0.0634. The standard InChI is InChI=1S/C56H108O6/c1-6-7-8-9-10-11-12-22-25-31-36-41-46-54(57)60-49-53(50-61-55(58)47-42-37-32-28-27-30-35-40-45-52(4)5)62-56(59)48-43-38-33-26-23-20-18-16-14-13-15-17-19-21-24-29-34-39-44-51(2)3/h51-53H,6-50H2,1-5H3/t53-/m1/s1. The van der Waals surface area contributed by atoms with Gasteiger partial charge in [0.15, 0.2) is 6.10 Å². The lowest BCUT2D eigenvalue weighted by molar-refractivity contribution is -0.167. The minimum Gasteiger partial charge on any atom is -0.462 e. The summed E-state index contributed by atoms with van der Waals surface area (Å²) in [4.78, 5) is 38.0. The smallest absolute Gasteiger partial charge is 0.306 e. The van der Waals surface area contributed by atoms with Crippen molar-refractivity contribution < 1.29 is 28.6 Å². The molecule has 368 valence electrons. The Morgan fingerprint density at radius 1 is 0.306 bits per heavy atom. The third kappa shape index (κ3) is 49.4. The van der Waals surface area contributed by atoms with E-state index in [2.05, 4.69) is 34.6 Å². The molecule has 0 unspecified atom stereocenters. The zero-order valence-corrected chi connectivity index (χ0v) is 42.5. The van der Waals surface area contributed by atoms with Crippen molar-refractivity contribution in [3.63, 3.8) is 0 Å². The molecule has 0 aliphatic heterocycles. The molecule has 6 heteroatoms. The lowest BCUT2D eigenvalue weighted by Gasteiger charge is -2.18. The van der Waals surface area contributed by atoms with Crippen LogP contribution in [0.15, 0.2) is 0 Å². The first-order valence-corrected chi connectivity index (χ1v) is 27.7. The molecule has 0 aliphatic carbocycles. The Kier molecular flexibility index (Phi) is 47.6. The average Bonchev–Trinajstić information content (AvgIpc) is 3.24. The van der Waals surface area contributed by atoms with Gasteiger partial charge in [-0.05, 0) is 31.1 Å². The highest BCUT2D eigenvalue weighted by atomic mass is 16.6. The van der Waals surface area contributed by atoms with E-state index < -0.39 is 6.10 Å². The molecule has 0 amide bonds. The maximum absolute atomic E-state index is 12.8. The predicted molar refractivity (Wildman–Crippen MR) is 266 cm³/mol. The average molecular weight is 877 g/mol. The number of hydrogen-bond acceptors (Lipinski definition) is 6. The second-order valence-electron chi connectivity index (χ2n) is 20.2. The number of hydrogen-bond donors (Lipinski definition) is 0. The molecule has 0 fully saturated rings. The zero-order chi connectivity index (χ0) is 45.4. The number of rotatable bonds is 50. The summed E-state index contributed by atoms with van der Waals surface area (Å²) in [5.74, 6) is 0.809. The van der Waals surface area contributed by atoms with Gasteiger partial charge in [-0.15, -0.1) is 0 Å². The Bertz CT molecular complexity index is 947. The fourth-order valence-corrected chi connectivity index (χ4v) is 8.52. The Morgan fingerprint density at radius 2 is 0.532 bits per heavy atom. The van der Waals surface area contributed by atoms with Crippen LogP contribution >= 0.6 is 0 Å². The van der Waals surface area contributed by atoms with E-state index in [9.17, 15) is 14.4 Å². The fourth-order valence-electron chi connectivity index (χ4n) is 8.52. The molecule has 0 saturated heterocycles. The number of carbonyl (C=O) groups is 3. The third-order valence-electron chi connectivity index (χ3n) is 12.7. The van der Waals surface area contributed by atoms with Gasteiger partial charge in [-0.3, -0.25) is 14.4 Å². The van der Waals surface area contributed by atoms with Gasteiger partial charge in [-0.25, -0.2) is 0 Å². The molecule has 0 radical (unpaired) electrons. The Morgan fingerprint density at radius 3 is 0.790 bits per heavy atom. The Labute approximate surface area is 387 Å². The molecule has 0 heterocycles. The summed E-state index contributed by atoms with van der Waals surface area (Å²) in [5.41, 5.74) is 0.